The molecular formula is C10H24N2O2. The summed E-state index contributed by atoms with van der Waals surface area (Å²) in [6.07, 6.45) is 0.841. The predicted molar refractivity (Wildman–Crippen MR) is 58.6 cm³/mol. The summed E-state index contributed by atoms with van der Waals surface area (Å²) >= 11 is 0. The van der Waals surface area contributed by atoms with Crippen LogP contribution in [0.15, 0.2) is 0 Å². The topological polar surface area (TPSA) is 35.9 Å². The summed E-state index contributed by atoms with van der Waals surface area (Å²) < 4.78 is 5.45. The van der Waals surface area contributed by atoms with E-state index in [0.29, 0.717) is 0 Å². The van der Waals surface area contributed by atoms with Crippen LogP contribution in [0, 0.1) is 0 Å². The summed E-state index contributed by atoms with van der Waals surface area (Å²) in [5.74, 6) is 0. The first kappa shape index (κ1) is 13.8. The molecule has 4 nitrogen and oxygen atoms in total. The molecule has 4 heteroatoms. The van der Waals surface area contributed by atoms with Crippen LogP contribution in [0.3, 0.4) is 0 Å². The maximum Gasteiger partial charge on any atom is 0.0593 e. The second kappa shape index (κ2) is 9.40. The van der Waals surface area contributed by atoms with Gasteiger partial charge in [-0.25, -0.2) is 0 Å². The van der Waals surface area contributed by atoms with E-state index in [2.05, 4.69) is 9.80 Å². The van der Waals surface area contributed by atoms with Gasteiger partial charge < -0.3 is 19.6 Å². The molecular weight excluding hydrogens is 180 g/mol. The Balaban J connectivity index is 3.10. The van der Waals surface area contributed by atoms with Gasteiger partial charge in [0, 0.05) is 26.2 Å². The van der Waals surface area contributed by atoms with E-state index in [1.165, 1.54) is 0 Å². The second-order valence-electron chi connectivity index (χ2n) is 3.80. The van der Waals surface area contributed by atoms with Gasteiger partial charge in [0.15, 0.2) is 0 Å². The maximum atomic E-state index is 8.62. The van der Waals surface area contributed by atoms with Gasteiger partial charge in [-0.2, -0.15) is 0 Å². The van der Waals surface area contributed by atoms with E-state index in [0.717, 1.165) is 39.3 Å². The Morgan fingerprint density at radius 2 is 1.64 bits per heavy atom. The van der Waals surface area contributed by atoms with Crippen molar-refractivity contribution in [1.29, 1.82) is 0 Å². The highest BCUT2D eigenvalue weighted by molar-refractivity contribution is 4.50. The summed E-state index contributed by atoms with van der Waals surface area (Å²) in [4.78, 5) is 4.28. The SMILES string of the molecule is CN(C)CCOCCN(C)CCCO. The van der Waals surface area contributed by atoms with E-state index in [1.54, 1.807) is 0 Å². The summed E-state index contributed by atoms with van der Waals surface area (Å²) in [7, 11) is 6.12. The smallest absolute Gasteiger partial charge is 0.0593 e. The fourth-order valence-electron chi connectivity index (χ4n) is 1.02. The molecule has 0 spiro atoms. The number of aliphatic hydroxyl groups is 1. The van der Waals surface area contributed by atoms with Crippen molar-refractivity contribution in [2.75, 3.05) is 60.6 Å². The average Bonchev–Trinajstić information content (AvgIpc) is 2.13. The largest absolute Gasteiger partial charge is 0.396 e. The zero-order valence-electron chi connectivity index (χ0n) is 9.70. The average molecular weight is 204 g/mol. The highest BCUT2D eigenvalue weighted by Gasteiger charge is 1.97. The van der Waals surface area contributed by atoms with Crippen LogP contribution < -0.4 is 0 Å². The molecule has 0 saturated heterocycles. The normalized spacial score (nSPS) is 11.6. The van der Waals surface area contributed by atoms with Crippen molar-refractivity contribution < 1.29 is 9.84 Å². The van der Waals surface area contributed by atoms with E-state index < -0.39 is 0 Å². The number of hydrogen-bond acceptors (Lipinski definition) is 4. The maximum absolute atomic E-state index is 8.62. The molecule has 0 heterocycles. The van der Waals surface area contributed by atoms with E-state index in [-0.39, 0.29) is 6.61 Å². The van der Waals surface area contributed by atoms with E-state index >= 15 is 0 Å². The minimum Gasteiger partial charge on any atom is -0.396 e. The van der Waals surface area contributed by atoms with Gasteiger partial charge in [0.05, 0.1) is 13.2 Å². The Kier molecular flexibility index (Phi) is 9.29. The number of rotatable bonds is 9. The van der Waals surface area contributed by atoms with Crippen molar-refractivity contribution in [3.05, 3.63) is 0 Å². The molecule has 1 N–H and O–H groups in total. The Bertz CT molecular complexity index is 121. The third-order valence-electron chi connectivity index (χ3n) is 2.00. The fraction of sp³-hybridized carbons (Fsp3) is 1.00. The molecule has 0 aliphatic carbocycles. The van der Waals surface area contributed by atoms with E-state index in [1.807, 2.05) is 21.1 Å². The molecule has 0 unspecified atom stereocenters. The molecule has 14 heavy (non-hydrogen) atoms. The Hall–Kier alpha value is -0.160. The summed E-state index contributed by atoms with van der Waals surface area (Å²) in [5.41, 5.74) is 0. The highest BCUT2D eigenvalue weighted by atomic mass is 16.5. The Labute approximate surface area is 87.5 Å². The number of aliphatic hydroxyl groups excluding tert-OH is 1. The predicted octanol–water partition coefficient (Wildman–Crippen LogP) is -0.121. The van der Waals surface area contributed by atoms with Crippen LogP contribution in [0.1, 0.15) is 6.42 Å². The van der Waals surface area contributed by atoms with E-state index in [9.17, 15) is 0 Å². The molecule has 0 amide bonds. The fourth-order valence-corrected chi connectivity index (χ4v) is 1.02. The zero-order chi connectivity index (χ0) is 10.8. The van der Waals surface area contributed by atoms with Crippen molar-refractivity contribution in [3.8, 4) is 0 Å². The molecule has 0 aromatic rings. The minimum atomic E-state index is 0.270. The third-order valence-corrected chi connectivity index (χ3v) is 2.00. The summed E-state index contributed by atoms with van der Waals surface area (Å²) in [6, 6.07) is 0. The minimum absolute atomic E-state index is 0.270. The first-order valence-corrected chi connectivity index (χ1v) is 5.18. The highest BCUT2D eigenvalue weighted by Crippen LogP contribution is 1.87. The van der Waals surface area contributed by atoms with Gasteiger partial charge in [-0.05, 0) is 27.6 Å². The van der Waals surface area contributed by atoms with Gasteiger partial charge in [0.2, 0.25) is 0 Å². The lowest BCUT2D eigenvalue weighted by atomic mass is 10.4. The number of nitrogens with zero attached hydrogens (tertiary/aromatic N) is 2. The molecule has 0 rings (SSSR count). The van der Waals surface area contributed by atoms with Crippen LogP contribution in [-0.4, -0.2) is 75.5 Å². The van der Waals surface area contributed by atoms with Crippen molar-refractivity contribution in [2.24, 2.45) is 0 Å². The summed E-state index contributed by atoms with van der Waals surface area (Å²) in [5, 5.41) is 8.62. The third kappa shape index (κ3) is 9.92. The molecule has 0 bridgehead atoms. The van der Waals surface area contributed by atoms with Gasteiger partial charge in [0.25, 0.3) is 0 Å². The number of likely N-dealkylation sites (N-methyl/N-ethyl adjacent to an activating group) is 2. The second-order valence-corrected chi connectivity index (χ2v) is 3.80. The first-order valence-electron chi connectivity index (χ1n) is 5.18. The van der Waals surface area contributed by atoms with Gasteiger partial charge >= 0.3 is 0 Å². The van der Waals surface area contributed by atoms with Gasteiger partial charge in [-0.1, -0.05) is 0 Å². The molecule has 0 atom stereocenters. The number of ether oxygens (including phenoxy) is 1. The van der Waals surface area contributed by atoms with Crippen LogP contribution in [0.5, 0.6) is 0 Å². The van der Waals surface area contributed by atoms with Gasteiger partial charge in [-0.15, -0.1) is 0 Å². The quantitative estimate of drug-likeness (QED) is 0.531. The molecule has 0 radical (unpaired) electrons. The van der Waals surface area contributed by atoms with Crippen LogP contribution in [0.25, 0.3) is 0 Å². The molecule has 0 aliphatic rings. The number of hydrogen-bond donors (Lipinski definition) is 1. The van der Waals surface area contributed by atoms with Crippen LogP contribution in [0.2, 0.25) is 0 Å². The molecule has 0 saturated carbocycles. The van der Waals surface area contributed by atoms with Crippen LogP contribution in [-0.2, 0) is 4.74 Å². The molecule has 0 aromatic heterocycles. The van der Waals surface area contributed by atoms with Gasteiger partial charge in [-0.3, -0.25) is 0 Å². The van der Waals surface area contributed by atoms with Crippen molar-refractivity contribution in [3.63, 3.8) is 0 Å². The van der Waals surface area contributed by atoms with Gasteiger partial charge in [0.1, 0.15) is 0 Å². The Morgan fingerprint density at radius 1 is 1.00 bits per heavy atom. The standard InChI is InChI=1S/C10H24N2O2/c1-11(2)6-9-14-10-7-12(3)5-4-8-13/h13H,4-10H2,1-3H3. The van der Waals surface area contributed by atoms with Crippen molar-refractivity contribution in [2.45, 2.75) is 6.42 Å². The van der Waals surface area contributed by atoms with Crippen LogP contribution >= 0.6 is 0 Å². The molecule has 86 valence electrons. The monoisotopic (exact) mass is 204 g/mol. The zero-order valence-corrected chi connectivity index (χ0v) is 9.70. The van der Waals surface area contributed by atoms with Crippen molar-refractivity contribution >= 4 is 0 Å². The molecule has 0 fully saturated rings. The summed E-state index contributed by atoms with van der Waals surface area (Å²) in [6.45, 7) is 4.68. The molecule has 0 aromatic carbocycles. The van der Waals surface area contributed by atoms with Crippen molar-refractivity contribution in [1.82, 2.24) is 9.80 Å². The Morgan fingerprint density at radius 3 is 2.21 bits per heavy atom. The lowest BCUT2D eigenvalue weighted by molar-refractivity contribution is 0.0971. The first-order chi connectivity index (χ1) is 6.66. The lowest BCUT2D eigenvalue weighted by Gasteiger charge is -2.16. The van der Waals surface area contributed by atoms with E-state index in [4.69, 9.17) is 9.84 Å². The molecule has 0 aliphatic heterocycles. The van der Waals surface area contributed by atoms with Crippen LogP contribution in [0.4, 0.5) is 0 Å². The lowest BCUT2D eigenvalue weighted by Crippen LogP contribution is -2.26.